The fourth-order valence-corrected chi connectivity index (χ4v) is 2.10. The van der Waals surface area contributed by atoms with E-state index < -0.39 is 0 Å². The molecular weight excluding hydrogens is 176 g/mol. The maximum Gasteiger partial charge on any atom is 0.225 e. The van der Waals surface area contributed by atoms with E-state index in [0.717, 1.165) is 32.2 Å². The van der Waals surface area contributed by atoms with Gasteiger partial charge in [0.2, 0.25) is 5.91 Å². The molecule has 14 heavy (non-hydrogen) atoms. The Balaban J connectivity index is 1.89. The first-order valence-electron chi connectivity index (χ1n) is 5.66. The minimum atomic E-state index is 0.133. The zero-order valence-corrected chi connectivity index (χ0v) is 9.10. The number of piperidine rings is 1. The molecule has 80 valence electrons. The standard InChI is InChI=1S/C11H20N2O/c1-8-9(4-3-7-12-8)10(14)13-11(2)5-6-11/h8-9,12H,3-7H2,1-2H3,(H,13,14). The first-order chi connectivity index (χ1) is 6.61. The van der Waals surface area contributed by atoms with Crippen molar-refractivity contribution in [3.8, 4) is 0 Å². The molecule has 2 unspecified atom stereocenters. The Bertz CT molecular complexity index is 235. The molecule has 3 heteroatoms. The summed E-state index contributed by atoms with van der Waals surface area (Å²) in [5, 5.41) is 6.51. The number of hydrogen-bond donors (Lipinski definition) is 2. The van der Waals surface area contributed by atoms with Gasteiger partial charge in [-0.25, -0.2) is 0 Å². The summed E-state index contributed by atoms with van der Waals surface area (Å²) in [6.07, 6.45) is 4.45. The second kappa shape index (κ2) is 3.54. The molecule has 0 radical (unpaired) electrons. The summed E-state index contributed by atoms with van der Waals surface area (Å²) in [7, 11) is 0. The summed E-state index contributed by atoms with van der Waals surface area (Å²) >= 11 is 0. The Morgan fingerprint density at radius 3 is 2.79 bits per heavy atom. The number of hydrogen-bond acceptors (Lipinski definition) is 2. The van der Waals surface area contributed by atoms with E-state index in [2.05, 4.69) is 24.5 Å². The van der Waals surface area contributed by atoms with E-state index in [4.69, 9.17) is 0 Å². The molecule has 1 saturated heterocycles. The monoisotopic (exact) mass is 196 g/mol. The van der Waals surface area contributed by atoms with Gasteiger partial charge in [0.1, 0.15) is 0 Å². The van der Waals surface area contributed by atoms with Crippen LogP contribution in [0.15, 0.2) is 0 Å². The predicted octanol–water partition coefficient (Wildman–Crippen LogP) is 1.04. The van der Waals surface area contributed by atoms with Crippen molar-refractivity contribution in [2.24, 2.45) is 5.92 Å². The third-order valence-corrected chi connectivity index (χ3v) is 3.52. The minimum absolute atomic E-state index is 0.133. The van der Waals surface area contributed by atoms with Crippen molar-refractivity contribution in [3.63, 3.8) is 0 Å². The van der Waals surface area contributed by atoms with E-state index >= 15 is 0 Å². The molecule has 2 aliphatic rings. The Morgan fingerprint density at radius 1 is 1.50 bits per heavy atom. The van der Waals surface area contributed by atoms with Crippen LogP contribution in [0.2, 0.25) is 0 Å². The predicted molar refractivity (Wildman–Crippen MR) is 56.0 cm³/mol. The zero-order valence-electron chi connectivity index (χ0n) is 9.10. The SMILES string of the molecule is CC1NCCCC1C(=O)NC1(C)CC1. The van der Waals surface area contributed by atoms with Gasteiger partial charge in [-0.1, -0.05) is 0 Å². The Kier molecular flexibility index (Phi) is 2.52. The van der Waals surface area contributed by atoms with Crippen LogP contribution in [0.4, 0.5) is 0 Å². The minimum Gasteiger partial charge on any atom is -0.351 e. The smallest absolute Gasteiger partial charge is 0.225 e. The second-order valence-electron chi connectivity index (χ2n) is 5.04. The first kappa shape index (κ1) is 9.97. The fraction of sp³-hybridized carbons (Fsp3) is 0.909. The van der Waals surface area contributed by atoms with Crippen molar-refractivity contribution in [1.29, 1.82) is 0 Å². The largest absolute Gasteiger partial charge is 0.351 e. The summed E-state index contributed by atoms with van der Waals surface area (Å²) in [6.45, 7) is 5.30. The van der Waals surface area contributed by atoms with Crippen LogP contribution in [0, 0.1) is 5.92 Å². The number of nitrogens with one attached hydrogen (secondary N) is 2. The van der Waals surface area contributed by atoms with Crippen LogP contribution in [-0.4, -0.2) is 24.0 Å². The Labute approximate surface area is 85.6 Å². The zero-order chi connectivity index (χ0) is 10.2. The van der Waals surface area contributed by atoms with Crippen molar-refractivity contribution in [2.75, 3.05) is 6.54 Å². The highest BCUT2D eigenvalue weighted by Gasteiger charge is 2.40. The molecule has 0 aromatic heterocycles. The van der Waals surface area contributed by atoms with Crippen LogP contribution in [-0.2, 0) is 4.79 Å². The van der Waals surface area contributed by atoms with Crippen molar-refractivity contribution < 1.29 is 4.79 Å². The van der Waals surface area contributed by atoms with Crippen LogP contribution in [0.25, 0.3) is 0 Å². The normalized spacial score (nSPS) is 35.0. The highest BCUT2D eigenvalue weighted by atomic mass is 16.2. The van der Waals surface area contributed by atoms with Crippen LogP contribution in [0.1, 0.15) is 39.5 Å². The van der Waals surface area contributed by atoms with Gasteiger partial charge in [-0.15, -0.1) is 0 Å². The van der Waals surface area contributed by atoms with Crippen molar-refractivity contribution in [1.82, 2.24) is 10.6 Å². The number of amides is 1. The van der Waals surface area contributed by atoms with Crippen molar-refractivity contribution in [2.45, 2.75) is 51.1 Å². The topological polar surface area (TPSA) is 41.1 Å². The van der Waals surface area contributed by atoms with E-state index in [9.17, 15) is 4.79 Å². The van der Waals surface area contributed by atoms with Gasteiger partial charge >= 0.3 is 0 Å². The molecule has 2 fully saturated rings. The van der Waals surface area contributed by atoms with Gasteiger partial charge in [0.15, 0.2) is 0 Å². The molecule has 1 saturated carbocycles. The average Bonchev–Trinajstić information content (AvgIpc) is 2.84. The number of rotatable bonds is 2. The molecule has 2 N–H and O–H groups in total. The molecule has 0 aromatic rings. The quantitative estimate of drug-likeness (QED) is 0.693. The molecule has 2 rings (SSSR count). The van der Waals surface area contributed by atoms with E-state index in [-0.39, 0.29) is 17.4 Å². The molecule has 0 bridgehead atoms. The van der Waals surface area contributed by atoms with Gasteiger partial charge in [0.25, 0.3) is 0 Å². The van der Waals surface area contributed by atoms with Crippen LogP contribution < -0.4 is 10.6 Å². The Morgan fingerprint density at radius 2 is 2.21 bits per heavy atom. The third kappa shape index (κ3) is 2.08. The summed E-state index contributed by atoms with van der Waals surface area (Å²) in [5.74, 6) is 0.436. The van der Waals surface area contributed by atoms with E-state index in [1.165, 1.54) is 0 Å². The highest BCUT2D eigenvalue weighted by molar-refractivity contribution is 5.80. The lowest BCUT2D eigenvalue weighted by atomic mass is 9.91. The summed E-state index contributed by atoms with van der Waals surface area (Å²) in [5.41, 5.74) is 0.133. The molecule has 1 aliphatic heterocycles. The average molecular weight is 196 g/mol. The molecule has 3 nitrogen and oxygen atoms in total. The van der Waals surface area contributed by atoms with Gasteiger partial charge in [0.05, 0.1) is 5.92 Å². The van der Waals surface area contributed by atoms with Crippen LogP contribution >= 0.6 is 0 Å². The summed E-state index contributed by atoms with van der Waals surface area (Å²) < 4.78 is 0. The van der Waals surface area contributed by atoms with Crippen LogP contribution in [0.3, 0.4) is 0 Å². The van der Waals surface area contributed by atoms with Gasteiger partial charge in [-0.05, 0) is 46.1 Å². The lowest BCUT2D eigenvalue weighted by Gasteiger charge is -2.30. The van der Waals surface area contributed by atoms with Crippen molar-refractivity contribution in [3.05, 3.63) is 0 Å². The molecular formula is C11H20N2O. The van der Waals surface area contributed by atoms with Crippen molar-refractivity contribution >= 4 is 5.91 Å². The van der Waals surface area contributed by atoms with Gasteiger partial charge in [0, 0.05) is 11.6 Å². The molecule has 2 atom stereocenters. The summed E-state index contributed by atoms with van der Waals surface area (Å²) in [4.78, 5) is 11.9. The maximum absolute atomic E-state index is 11.9. The van der Waals surface area contributed by atoms with Crippen LogP contribution in [0.5, 0.6) is 0 Å². The molecule has 0 aromatic carbocycles. The Hall–Kier alpha value is -0.570. The van der Waals surface area contributed by atoms with Gasteiger partial charge in [-0.3, -0.25) is 4.79 Å². The van der Waals surface area contributed by atoms with Gasteiger partial charge < -0.3 is 10.6 Å². The molecule has 1 amide bonds. The first-order valence-corrected chi connectivity index (χ1v) is 5.66. The third-order valence-electron chi connectivity index (χ3n) is 3.52. The molecule has 1 heterocycles. The number of carbonyl (C=O) groups is 1. The lowest BCUT2D eigenvalue weighted by molar-refractivity contribution is -0.127. The molecule has 1 aliphatic carbocycles. The van der Waals surface area contributed by atoms with Gasteiger partial charge in [-0.2, -0.15) is 0 Å². The summed E-state index contributed by atoms with van der Waals surface area (Å²) in [6, 6.07) is 0.339. The fourth-order valence-electron chi connectivity index (χ4n) is 2.10. The van der Waals surface area contributed by atoms with E-state index in [1.807, 2.05) is 0 Å². The highest BCUT2D eigenvalue weighted by Crippen LogP contribution is 2.35. The lowest BCUT2D eigenvalue weighted by Crippen LogP contribution is -2.49. The van der Waals surface area contributed by atoms with E-state index in [0.29, 0.717) is 6.04 Å². The van der Waals surface area contributed by atoms with E-state index in [1.54, 1.807) is 0 Å². The number of carbonyl (C=O) groups excluding carboxylic acids is 1. The maximum atomic E-state index is 11.9. The second-order valence-corrected chi connectivity index (χ2v) is 5.04. The molecule has 0 spiro atoms.